The zero-order valence-electron chi connectivity index (χ0n) is 10.1. The molecular weight excluding hydrogens is 230 g/mol. The molecule has 0 bridgehead atoms. The van der Waals surface area contributed by atoms with Crippen molar-refractivity contribution < 1.29 is 5.11 Å². The molecule has 1 aromatic carbocycles. The quantitative estimate of drug-likeness (QED) is 0.839. The van der Waals surface area contributed by atoms with Crippen LogP contribution in [0.5, 0.6) is 0 Å². The first kappa shape index (κ1) is 12.3. The van der Waals surface area contributed by atoms with E-state index in [0.29, 0.717) is 12.4 Å². The summed E-state index contributed by atoms with van der Waals surface area (Å²) in [5.41, 5.74) is 1.69. The maximum atomic E-state index is 11.7. The number of aromatic nitrogens is 2. The van der Waals surface area contributed by atoms with E-state index in [2.05, 4.69) is 10.3 Å². The van der Waals surface area contributed by atoms with Crippen molar-refractivity contribution >= 4 is 5.82 Å². The van der Waals surface area contributed by atoms with Gasteiger partial charge >= 0.3 is 0 Å². The number of aliphatic hydroxyl groups is 1. The number of nitrogens with zero attached hydrogens (tertiary/aromatic N) is 2. The Morgan fingerprint density at radius 3 is 2.94 bits per heavy atom. The van der Waals surface area contributed by atoms with E-state index in [0.717, 1.165) is 11.1 Å². The van der Waals surface area contributed by atoms with Crippen LogP contribution in [-0.4, -0.2) is 14.7 Å². The van der Waals surface area contributed by atoms with Gasteiger partial charge in [-0.3, -0.25) is 4.79 Å². The minimum atomic E-state index is -0.157. The van der Waals surface area contributed by atoms with E-state index in [1.807, 2.05) is 24.3 Å². The highest BCUT2D eigenvalue weighted by molar-refractivity contribution is 5.33. The van der Waals surface area contributed by atoms with Crippen LogP contribution in [0.25, 0.3) is 0 Å². The lowest BCUT2D eigenvalue weighted by Gasteiger charge is -2.07. The normalized spacial score (nSPS) is 10.3. The summed E-state index contributed by atoms with van der Waals surface area (Å²) in [5, 5.41) is 12.0. The number of anilines is 1. The zero-order chi connectivity index (χ0) is 13.0. The standard InChI is InChI=1S/C13H15N3O2/c1-16-6-5-14-12(13(16)18)15-8-10-3-2-4-11(7-10)9-17/h2-7,17H,8-9H2,1H3,(H,14,15). The highest BCUT2D eigenvalue weighted by Crippen LogP contribution is 2.06. The number of aryl methyl sites for hydroxylation is 1. The second-order valence-corrected chi connectivity index (χ2v) is 4.02. The fourth-order valence-electron chi connectivity index (χ4n) is 1.64. The molecule has 0 aliphatic rings. The fourth-order valence-corrected chi connectivity index (χ4v) is 1.64. The molecule has 0 atom stereocenters. The predicted molar refractivity (Wildman–Crippen MR) is 69.2 cm³/mol. The minimum absolute atomic E-state index is 0.0131. The van der Waals surface area contributed by atoms with Crippen molar-refractivity contribution in [3.63, 3.8) is 0 Å². The van der Waals surface area contributed by atoms with Gasteiger partial charge in [0.2, 0.25) is 0 Å². The molecule has 0 spiro atoms. The largest absolute Gasteiger partial charge is 0.392 e. The van der Waals surface area contributed by atoms with E-state index in [4.69, 9.17) is 5.11 Å². The van der Waals surface area contributed by atoms with Gasteiger partial charge in [-0.1, -0.05) is 24.3 Å². The fraction of sp³-hybridized carbons (Fsp3) is 0.231. The average molecular weight is 245 g/mol. The van der Waals surface area contributed by atoms with Crippen LogP contribution in [0.3, 0.4) is 0 Å². The molecule has 1 aromatic heterocycles. The smallest absolute Gasteiger partial charge is 0.293 e. The third-order valence-corrected chi connectivity index (χ3v) is 2.65. The van der Waals surface area contributed by atoms with Gasteiger partial charge in [0.1, 0.15) is 0 Å². The second kappa shape index (κ2) is 5.46. The third-order valence-electron chi connectivity index (χ3n) is 2.65. The van der Waals surface area contributed by atoms with Crippen LogP contribution in [0.4, 0.5) is 5.82 Å². The number of aliphatic hydroxyl groups excluding tert-OH is 1. The number of nitrogens with one attached hydrogen (secondary N) is 1. The summed E-state index contributed by atoms with van der Waals surface area (Å²) in [5.74, 6) is 0.328. The first-order valence-corrected chi connectivity index (χ1v) is 5.65. The monoisotopic (exact) mass is 245 g/mol. The summed E-state index contributed by atoms with van der Waals surface area (Å²) >= 11 is 0. The number of hydrogen-bond acceptors (Lipinski definition) is 4. The molecule has 0 amide bonds. The van der Waals surface area contributed by atoms with E-state index < -0.39 is 0 Å². The van der Waals surface area contributed by atoms with E-state index in [-0.39, 0.29) is 12.2 Å². The molecule has 5 heteroatoms. The highest BCUT2D eigenvalue weighted by Gasteiger charge is 2.02. The Hall–Kier alpha value is -2.14. The van der Waals surface area contributed by atoms with E-state index in [1.165, 1.54) is 4.57 Å². The molecule has 0 aliphatic carbocycles. The Labute approximate surface area is 105 Å². The molecule has 18 heavy (non-hydrogen) atoms. The molecule has 0 saturated carbocycles. The maximum Gasteiger partial charge on any atom is 0.293 e. The van der Waals surface area contributed by atoms with Crippen molar-refractivity contribution in [3.05, 3.63) is 58.1 Å². The van der Waals surface area contributed by atoms with Crippen molar-refractivity contribution in [1.82, 2.24) is 9.55 Å². The maximum absolute atomic E-state index is 11.7. The van der Waals surface area contributed by atoms with Gasteiger partial charge in [0.05, 0.1) is 6.61 Å². The third kappa shape index (κ3) is 2.75. The molecule has 5 nitrogen and oxygen atoms in total. The molecule has 0 radical (unpaired) electrons. The summed E-state index contributed by atoms with van der Waals surface area (Å²) < 4.78 is 1.47. The summed E-state index contributed by atoms with van der Waals surface area (Å²) in [4.78, 5) is 15.7. The van der Waals surface area contributed by atoms with E-state index in [1.54, 1.807) is 19.4 Å². The second-order valence-electron chi connectivity index (χ2n) is 4.02. The van der Waals surface area contributed by atoms with Crippen molar-refractivity contribution in [2.75, 3.05) is 5.32 Å². The van der Waals surface area contributed by atoms with Crippen LogP contribution in [0, 0.1) is 0 Å². The number of hydrogen-bond donors (Lipinski definition) is 2. The Morgan fingerprint density at radius 2 is 2.17 bits per heavy atom. The van der Waals surface area contributed by atoms with Crippen LogP contribution in [0.15, 0.2) is 41.5 Å². The molecule has 2 aromatic rings. The minimum Gasteiger partial charge on any atom is -0.392 e. The Kier molecular flexibility index (Phi) is 3.74. The summed E-state index contributed by atoms with van der Waals surface area (Å²) in [6, 6.07) is 7.54. The molecule has 0 fully saturated rings. The molecule has 2 rings (SSSR count). The molecule has 0 unspecified atom stereocenters. The molecule has 94 valence electrons. The summed E-state index contributed by atoms with van der Waals surface area (Å²) in [7, 11) is 1.68. The van der Waals surface area contributed by atoms with Crippen molar-refractivity contribution in [3.8, 4) is 0 Å². The van der Waals surface area contributed by atoms with Crippen molar-refractivity contribution in [2.24, 2.45) is 7.05 Å². The lowest BCUT2D eigenvalue weighted by molar-refractivity contribution is 0.281. The lowest BCUT2D eigenvalue weighted by Crippen LogP contribution is -2.21. The van der Waals surface area contributed by atoms with E-state index in [9.17, 15) is 4.79 Å². The van der Waals surface area contributed by atoms with Crippen molar-refractivity contribution in [1.29, 1.82) is 0 Å². The van der Waals surface area contributed by atoms with Crippen LogP contribution >= 0.6 is 0 Å². The van der Waals surface area contributed by atoms with Gasteiger partial charge in [0, 0.05) is 26.0 Å². The molecular formula is C13H15N3O2. The summed E-state index contributed by atoms with van der Waals surface area (Å²) in [6.45, 7) is 0.513. The van der Waals surface area contributed by atoms with Gasteiger partial charge in [-0.05, 0) is 11.1 Å². The Bertz CT molecular complexity index is 593. The summed E-state index contributed by atoms with van der Waals surface area (Å²) in [6.07, 6.45) is 3.19. The van der Waals surface area contributed by atoms with Crippen molar-refractivity contribution in [2.45, 2.75) is 13.2 Å². The van der Waals surface area contributed by atoms with Crippen LogP contribution < -0.4 is 10.9 Å². The molecule has 0 saturated heterocycles. The highest BCUT2D eigenvalue weighted by atomic mass is 16.3. The van der Waals surface area contributed by atoms with Gasteiger partial charge in [-0.15, -0.1) is 0 Å². The van der Waals surface area contributed by atoms with Gasteiger partial charge < -0.3 is 15.0 Å². The zero-order valence-corrected chi connectivity index (χ0v) is 10.1. The van der Waals surface area contributed by atoms with Gasteiger partial charge in [-0.25, -0.2) is 4.98 Å². The molecule has 2 N–H and O–H groups in total. The van der Waals surface area contributed by atoms with E-state index >= 15 is 0 Å². The van der Waals surface area contributed by atoms with Gasteiger partial charge in [0.25, 0.3) is 5.56 Å². The predicted octanol–water partition coefficient (Wildman–Crippen LogP) is 0.885. The topological polar surface area (TPSA) is 67.2 Å². The SMILES string of the molecule is Cn1ccnc(NCc2cccc(CO)c2)c1=O. The number of rotatable bonds is 4. The number of benzene rings is 1. The Balaban J connectivity index is 2.11. The van der Waals surface area contributed by atoms with Crippen LogP contribution in [-0.2, 0) is 20.2 Å². The van der Waals surface area contributed by atoms with Crippen LogP contribution in [0.2, 0.25) is 0 Å². The first-order valence-electron chi connectivity index (χ1n) is 5.65. The molecule has 1 heterocycles. The van der Waals surface area contributed by atoms with Gasteiger partial charge in [-0.2, -0.15) is 0 Å². The first-order chi connectivity index (χ1) is 8.70. The van der Waals surface area contributed by atoms with Crippen LogP contribution in [0.1, 0.15) is 11.1 Å². The average Bonchev–Trinajstić information content (AvgIpc) is 2.41. The lowest BCUT2D eigenvalue weighted by atomic mass is 10.1. The Morgan fingerprint density at radius 1 is 1.39 bits per heavy atom. The van der Waals surface area contributed by atoms with Gasteiger partial charge in [0.15, 0.2) is 5.82 Å². The molecule has 0 aliphatic heterocycles.